The molecule has 1 saturated heterocycles. The molecule has 2 N–H and O–H groups in total. The van der Waals surface area contributed by atoms with Crippen LogP contribution < -0.4 is 5.32 Å². The van der Waals surface area contributed by atoms with Gasteiger partial charge < -0.3 is 15.0 Å². The van der Waals surface area contributed by atoms with E-state index in [-0.39, 0.29) is 24.2 Å². The largest absolute Gasteiger partial charge is 0.459 e. The van der Waals surface area contributed by atoms with Crippen molar-refractivity contribution in [1.29, 1.82) is 5.41 Å². The number of carbonyl (C=O) groups excluding carboxylic acids is 1. The minimum absolute atomic E-state index is 0.00137. The maximum absolute atomic E-state index is 12.4. The van der Waals surface area contributed by atoms with Crippen LogP contribution in [0.1, 0.15) is 12.0 Å². The fourth-order valence-corrected chi connectivity index (χ4v) is 2.67. The van der Waals surface area contributed by atoms with Crippen LogP contribution in [-0.2, 0) is 16.1 Å². The van der Waals surface area contributed by atoms with E-state index in [1.807, 2.05) is 0 Å². The van der Waals surface area contributed by atoms with Crippen molar-refractivity contribution in [3.8, 4) is 0 Å². The Balaban J connectivity index is 1.97. The lowest BCUT2D eigenvalue weighted by Gasteiger charge is -2.28. The maximum Gasteiger partial charge on any atom is 0.329 e. The van der Waals surface area contributed by atoms with Gasteiger partial charge in [-0.3, -0.25) is 15.5 Å². The quantitative estimate of drug-likeness (QED) is 0.256. The van der Waals surface area contributed by atoms with Gasteiger partial charge in [0.2, 0.25) is 0 Å². The number of ether oxygens (including phenoxy) is 1. The zero-order valence-corrected chi connectivity index (χ0v) is 12.9. The topological polar surface area (TPSA) is 109 Å². The van der Waals surface area contributed by atoms with Crippen molar-refractivity contribution in [2.45, 2.75) is 19.1 Å². The number of nitro benzene ring substituents is 1. The van der Waals surface area contributed by atoms with Crippen LogP contribution in [0.3, 0.4) is 0 Å². The smallest absolute Gasteiger partial charge is 0.329 e. The molecule has 0 radical (unpaired) electrons. The number of rotatable bonds is 7. The third kappa shape index (κ3) is 4.26. The first-order chi connectivity index (χ1) is 11.0. The highest BCUT2D eigenvalue weighted by Crippen LogP contribution is 2.19. The maximum atomic E-state index is 12.4. The van der Waals surface area contributed by atoms with Gasteiger partial charge in [-0.25, -0.2) is 4.79 Å². The lowest BCUT2D eigenvalue weighted by molar-refractivity contribution is -0.384. The normalized spacial score (nSPS) is 18.2. The Morgan fingerprint density at radius 1 is 1.57 bits per heavy atom. The summed E-state index contributed by atoms with van der Waals surface area (Å²) >= 11 is 0. The molecule has 1 heterocycles. The number of hydrogen-bond donors (Lipinski definition) is 2. The molecule has 1 aliphatic heterocycles. The Labute approximate surface area is 134 Å². The summed E-state index contributed by atoms with van der Waals surface area (Å²) < 4.78 is 5.34. The van der Waals surface area contributed by atoms with Gasteiger partial charge in [-0.05, 0) is 30.7 Å². The number of non-ortho nitro benzene ring substituents is 1. The summed E-state index contributed by atoms with van der Waals surface area (Å²) in [5.41, 5.74) is 0.684. The molecule has 1 unspecified atom stereocenters. The zero-order valence-electron chi connectivity index (χ0n) is 12.9. The molecule has 2 rings (SSSR count). The predicted molar refractivity (Wildman–Crippen MR) is 84.2 cm³/mol. The molecule has 0 saturated carbocycles. The number of carbonyl (C=O) groups is 1. The van der Waals surface area contributed by atoms with Crippen molar-refractivity contribution in [2.24, 2.45) is 5.92 Å². The van der Waals surface area contributed by atoms with Crippen LogP contribution in [0.25, 0.3) is 0 Å². The molecule has 1 aliphatic rings. The summed E-state index contributed by atoms with van der Waals surface area (Å²) in [6, 6.07) is 5.40. The molecule has 0 spiro atoms. The highest BCUT2D eigenvalue weighted by molar-refractivity contribution is 5.79. The summed E-state index contributed by atoms with van der Waals surface area (Å²) in [4.78, 5) is 24.1. The molecule has 0 amide bonds. The standard InChI is InChI=1S/C15H20N4O4/c1-18(10-16)14(12-6-7-17-8-12)15(20)23-9-11-2-4-13(5-3-11)19(21)22/h2-5,10,12,14,16-17H,6-9H2,1H3/t12-,14?/m0/s1. The van der Waals surface area contributed by atoms with E-state index >= 15 is 0 Å². The van der Waals surface area contributed by atoms with Crippen LogP contribution in [0.2, 0.25) is 0 Å². The van der Waals surface area contributed by atoms with Crippen LogP contribution in [0.15, 0.2) is 24.3 Å². The van der Waals surface area contributed by atoms with Gasteiger partial charge in [0.05, 0.1) is 11.3 Å². The Hall–Kier alpha value is -2.48. The van der Waals surface area contributed by atoms with Gasteiger partial charge in [0.15, 0.2) is 0 Å². The Bertz CT molecular complexity index is 569. The molecule has 2 atom stereocenters. The molecular weight excluding hydrogens is 300 g/mol. The Kier molecular flexibility index (Phi) is 5.64. The Morgan fingerprint density at radius 2 is 2.26 bits per heavy atom. The van der Waals surface area contributed by atoms with Gasteiger partial charge in [-0.15, -0.1) is 0 Å². The number of likely N-dealkylation sites (N-methyl/N-ethyl adjacent to an activating group) is 1. The van der Waals surface area contributed by atoms with Gasteiger partial charge in [-0.1, -0.05) is 0 Å². The van der Waals surface area contributed by atoms with E-state index in [4.69, 9.17) is 10.1 Å². The fraction of sp³-hybridized carbons (Fsp3) is 0.467. The zero-order chi connectivity index (χ0) is 16.8. The second-order valence-corrected chi connectivity index (χ2v) is 5.52. The molecule has 0 aliphatic carbocycles. The van der Waals surface area contributed by atoms with E-state index in [1.165, 1.54) is 12.1 Å². The summed E-state index contributed by atoms with van der Waals surface area (Å²) in [6.07, 6.45) is 1.98. The van der Waals surface area contributed by atoms with E-state index in [2.05, 4.69) is 5.32 Å². The van der Waals surface area contributed by atoms with Crippen molar-refractivity contribution >= 4 is 18.0 Å². The van der Waals surface area contributed by atoms with Crippen LogP contribution in [0, 0.1) is 21.4 Å². The average molecular weight is 320 g/mol. The molecule has 23 heavy (non-hydrogen) atoms. The van der Waals surface area contributed by atoms with Gasteiger partial charge in [-0.2, -0.15) is 0 Å². The van der Waals surface area contributed by atoms with Gasteiger partial charge >= 0.3 is 5.97 Å². The van der Waals surface area contributed by atoms with Crippen LogP contribution in [0.5, 0.6) is 0 Å². The van der Waals surface area contributed by atoms with Crippen molar-refractivity contribution in [3.05, 3.63) is 39.9 Å². The summed E-state index contributed by atoms with van der Waals surface area (Å²) in [6.45, 7) is 1.62. The first-order valence-electron chi connectivity index (χ1n) is 7.36. The lowest BCUT2D eigenvalue weighted by Crippen LogP contribution is -2.45. The molecular formula is C15H20N4O4. The average Bonchev–Trinajstić information content (AvgIpc) is 3.07. The monoisotopic (exact) mass is 320 g/mol. The van der Waals surface area contributed by atoms with Gasteiger partial charge in [0.1, 0.15) is 12.6 Å². The third-order valence-corrected chi connectivity index (χ3v) is 3.96. The second-order valence-electron chi connectivity index (χ2n) is 5.52. The highest BCUT2D eigenvalue weighted by Gasteiger charge is 2.34. The van der Waals surface area contributed by atoms with Crippen LogP contribution in [-0.4, -0.2) is 48.3 Å². The number of nitrogens with one attached hydrogen (secondary N) is 2. The molecule has 124 valence electrons. The SMILES string of the molecule is CN(C=N)C(C(=O)OCc1ccc([N+](=O)[O-])cc1)[C@H]1CCNC1. The molecule has 8 nitrogen and oxygen atoms in total. The van der Waals surface area contributed by atoms with Crippen molar-refractivity contribution in [2.75, 3.05) is 20.1 Å². The van der Waals surface area contributed by atoms with Crippen molar-refractivity contribution in [3.63, 3.8) is 0 Å². The minimum atomic E-state index is -0.499. The number of esters is 1. The first-order valence-corrected chi connectivity index (χ1v) is 7.36. The predicted octanol–water partition coefficient (Wildman–Crippen LogP) is 1.15. The number of nitro groups is 1. The molecule has 1 aromatic carbocycles. The second kappa shape index (κ2) is 7.68. The molecule has 1 aromatic rings. The van der Waals surface area contributed by atoms with E-state index in [0.29, 0.717) is 5.56 Å². The third-order valence-electron chi connectivity index (χ3n) is 3.96. The fourth-order valence-electron chi connectivity index (χ4n) is 2.67. The minimum Gasteiger partial charge on any atom is -0.459 e. The Morgan fingerprint density at radius 3 is 2.78 bits per heavy atom. The summed E-state index contributed by atoms with van der Waals surface area (Å²) in [5, 5.41) is 21.2. The summed E-state index contributed by atoms with van der Waals surface area (Å²) in [7, 11) is 1.68. The number of benzene rings is 1. The lowest BCUT2D eigenvalue weighted by atomic mass is 9.98. The van der Waals surface area contributed by atoms with Gasteiger partial charge in [0.25, 0.3) is 5.69 Å². The molecule has 0 bridgehead atoms. The first kappa shape index (κ1) is 16.9. The highest BCUT2D eigenvalue weighted by atomic mass is 16.6. The van der Waals surface area contributed by atoms with Crippen molar-refractivity contribution < 1.29 is 14.5 Å². The molecule has 8 heteroatoms. The van der Waals surface area contributed by atoms with E-state index in [9.17, 15) is 14.9 Å². The van der Waals surface area contributed by atoms with E-state index in [0.717, 1.165) is 25.8 Å². The number of hydrogen-bond acceptors (Lipinski definition) is 6. The van der Waals surface area contributed by atoms with Crippen LogP contribution >= 0.6 is 0 Å². The van der Waals surface area contributed by atoms with E-state index < -0.39 is 11.0 Å². The van der Waals surface area contributed by atoms with Crippen molar-refractivity contribution in [1.82, 2.24) is 10.2 Å². The van der Waals surface area contributed by atoms with Gasteiger partial charge in [0, 0.05) is 31.6 Å². The summed E-state index contributed by atoms with van der Waals surface area (Å²) in [5.74, 6) is -0.283. The van der Waals surface area contributed by atoms with Crippen LogP contribution in [0.4, 0.5) is 5.69 Å². The number of nitrogens with zero attached hydrogens (tertiary/aromatic N) is 2. The molecule has 1 fully saturated rings. The van der Waals surface area contributed by atoms with E-state index in [1.54, 1.807) is 24.1 Å². The molecule has 0 aromatic heterocycles.